The molecule has 4 nitrogen and oxygen atoms in total. The molecule has 1 heterocycles. The maximum absolute atomic E-state index is 11.0. The van der Waals surface area contributed by atoms with Crippen LogP contribution in [0.25, 0.3) is 0 Å². The van der Waals surface area contributed by atoms with Gasteiger partial charge >= 0.3 is 5.97 Å². The molecule has 0 aliphatic carbocycles. The lowest BCUT2D eigenvalue weighted by molar-refractivity contribution is -0.115. The van der Waals surface area contributed by atoms with E-state index in [0.29, 0.717) is 5.69 Å². The van der Waals surface area contributed by atoms with Gasteiger partial charge in [0.25, 0.3) is 0 Å². The van der Waals surface area contributed by atoms with Crippen molar-refractivity contribution in [2.45, 2.75) is 6.42 Å². The standard InChI is InChI=1S/C9H6ClNO3/c10-7-5(9(13)14)2-1-4-3-6(12)11-8(4)7/h1-2H,3H2,(H,11,12)(H,13,14). The monoisotopic (exact) mass is 211 g/mol. The Morgan fingerprint density at radius 3 is 2.86 bits per heavy atom. The third kappa shape index (κ3) is 1.24. The number of hydrogen-bond acceptors (Lipinski definition) is 2. The van der Waals surface area contributed by atoms with Crippen molar-refractivity contribution in [1.29, 1.82) is 0 Å². The molecule has 0 saturated carbocycles. The molecule has 1 aromatic carbocycles. The summed E-state index contributed by atoms with van der Waals surface area (Å²) >= 11 is 5.82. The van der Waals surface area contributed by atoms with Crippen LogP contribution in [0.1, 0.15) is 15.9 Å². The van der Waals surface area contributed by atoms with E-state index in [2.05, 4.69) is 5.32 Å². The molecule has 0 aromatic heterocycles. The Labute approximate surface area is 84.5 Å². The summed E-state index contributed by atoms with van der Waals surface area (Å²) in [6.07, 6.45) is 0.259. The number of benzene rings is 1. The van der Waals surface area contributed by atoms with E-state index in [1.807, 2.05) is 0 Å². The first kappa shape index (κ1) is 9.02. The summed E-state index contributed by atoms with van der Waals surface area (Å²) in [5.74, 6) is -1.26. The minimum absolute atomic E-state index is 0.00705. The van der Waals surface area contributed by atoms with Crippen molar-refractivity contribution in [1.82, 2.24) is 0 Å². The molecular formula is C9H6ClNO3. The Hall–Kier alpha value is -1.55. The van der Waals surface area contributed by atoms with E-state index >= 15 is 0 Å². The van der Waals surface area contributed by atoms with Gasteiger partial charge in [-0.3, -0.25) is 4.79 Å². The minimum atomic E-state index is -1.10. The van der Waals surface area contributed by atoms with Gasteiger partial charge in [-0.15, -0.1) is 0 Å². The molecule has 0 unspecified atom stereocenters. The molecular weight excluding hydrogens is 206 g/mol. The zero-order valence-electron chi connectivity index (χ0n) is 7.00. The second-order valence-corrected chi connectivity index (χ2v) is 3.37. The van der Waals surface area contributed by atoms with Crippen LogP contribution in [-0.2, 0) is 11.2 Å². The average Bonchev–Trinajstić information content (AvgIpc) is 2.46. The summed E-state index contributed by atoms with van der Waals surface area (Å²) in [6, 6.07) is 3.01. The average molecular weight is 212 g/mol. The third-order valence-electron chi connectivity index (χ3n) is 2.07. The number of nitrogens with one attached hydrogen (secondary N) is 1. The first-order chi connectivity index (χ1) is 6.59. The number of anilines is 1. The van der Waals surface area contributed by atoms with E-state index in [1.54, 1.807) is 6.07 Å². The Morgan fingerprint density at radius 1 is 1.50 bits per heavy atom. The van der Waals surface area contributed by atoms with E-state index in [0.717, 1.165) is 5.56 Å². The van der Waals surface area contributed by atoms with Crippen molar-refractivity contribution in [3.63, 3.8) is 0 Å². The fraction of sp³-hybridized carbons (Fsp3) is 0.111. The molecule has 14 heavy (non-hydrogen) atoms. The Morgan fingerprint density at radius 2 is 2.21 bits per heavy atom. The summed E-state index contributed by atoms with van der Waals surface area (Å²) < 4.78 is 0. The molecule has 0 radical (unpaired) electrons. The van der Waals surface area contributed by atoms with Crippen LogP contribution in [0.2, 0.25) is 5.02 Å². The molecule has 0 fully saturated rings. The van der Waals surface area contributed by atoms with Gasteiger partial charge in [-0.25, -0.2) is 4.79 Å². The first-order valence-electron chi connectivity index (χ1n) is 3.94. The van der Waals surface area contributed by atoms with Gasteiger partial charge in [0.15, 0.2) is 0 Å². The first-order valence-corrected chi connectivity index (χ1v) is 4.32. The fourth-order valence-corrected chi connectivity index (χ4v) is 1.73. The lowest BCUT2D eigenvalue weighted by Gasteiger charge is -2.04. The summed E-state index contributed by atoms with van der Waals surface area (Å²) in [7, 11) is 0. The molecule has 1 aliphatic rings. The number of carbonyl (C=O) groups excluding carboxylic acids is 1. The van der Waals surface area contributed by atoms with Gasteiger partial charge in [-0.2, -0.15) is 0 Å². The van der Waals surface area contributed by atoms with E-state index in [-0.39, 0.29) is 22.9 Å². The van der Waals surface area contributed by atoms with E-state index in [9.17, 15) is 9.59 Å². The van der Waals surface area contributed by atoms with Gasteiger partial charge in [0.2, 0.25) is 5.91 Å². The second kappa shape index (κ2) is 2.99. The molecule has 2 rings (SSSR count). The van der Waals surface area contributed by atoms with Crippen molar-refractivity contribution in [3.05, 3.63) is 28.3 Å². The second-order valence-electron chi connectivity index (χ2n) is 2.99. The zero-order chi connectivity index (χ0) is 10.3. The van der Waals surface area contributed by atoms with Gasteiger partial charge in [0.05, 0.1) is 22.7 Å². The number of carboxylic acid groups (broad SMARTS) is 1. The topological polar surface area (TPSA) is 66.4 Å². The Balaban J connectivity index is 2.59. The minimum Gasteiger partial charge on any atom is -0.478 e. The van der Waals surface area contributed by atoms with E-state index < -0.39 is 5.97 Å². The number of rotatable bonds is 1. The fourth-order valence-electron chi connectivity index (χ4n) is 1.42. The molecule has 5 heteroatoms. The summed E-state index contributed by atoms with van der Waals surface area (Å²) in [5.41, 5.74) is 1.18. The SMILES string of the molecule is O=C1Cc2ccc(C(=O)O)c(Cl)c2N1. The summed E-state index contributed by atoms with van der Waals surface area (Å²) in [5, 5.41) is 11.4. The van der Waals surface area contributed by atoms with Crippen LogP contribution in [0, 0.1) is 0 Å². The number of aromatic carboxylic acids is 1. The van der Waals surface area contributed by atoms with Gasteiger partial charge in [0.1, 0.15) is 0 Å². The van der Waals surface area contributed by atoms with Crippen molar-refractivity contribution < 1.29 is 14.7 Å². The van der Waals surface area contributed by atoms with Crippen LogP contribution < -0.4 is 5.32 Å². The molecule has 0 bridgehead atoms. The maximum Gasteiger partial charge on any atom is 0.337 e. The summed E-state index contributed by atoms with van der Waals surface area (Å²) in [6.45, 7) is 0. The molecule has 0 atom stereocenters. The largest absolute Gasteiger partial charge is 0.478 e. The highest BCUT2D eigenvalue weighted by molar-refractivity contribution is 6.37. The van der Waals surface area contributed by atoms with Crippen LogP contribution >= 0.6 is 11.6 Å². The quantitative estimate of drug-likeness (QED) is 0.740. The number of fused-ring (bicyclic) bond motifs is 1. The molecule has 2 N–H and O–H groups in total. The molecule has 0 saturated heterocycles. The smallest absolute Gasteiger partial charge is 0.337 e. The Bertz CT molecular complexity index is 442. The van der Waals surface area contributed by atoms with Crippen molar-refractivity contribution in [2.75, 3.05) is 5.32 Å². The van der Waals surface area contributed by atoms with Crippen LogP contribution in [-0.4, -0.2) is 17.0 Å². The molecule has 1 amide bonds. The highest BCUT2D eigenvalue weighted by atomic mass is 35.5. The van der Waals surface area contributed by atoms with E-state index in [1.165, 1.54) is 6.07 Å². The van der Waals surface area contributed by atoms with Crippen LogP contribution in [0.5, 0.6) is 0 Å². The number of hydrogen-bond donors (Lipinski definition) is 2. The van der Waals surface area contributed by atoms with Gasteiger partial charge in [0, 0.05) is 0 Å². The highest BCUT2D eigenvalue weighted by Crippen LogP contribution is 2.33. The molecule has 1 aliphatic heterocycles. The molecule has 0 spiro atoms. The lowest BCUT2D eigenvalue weighted by Crippen LogP contribution is -2.04. The highest BCUT2D eigenvalue weighted by Gasteiger charge is 2.23. The van der Waals surface area contributed by atoms with Gasteiger partial charge in [-0.05, 0) is 11.6 Å². The number of amides is 1. The predicted octanol–water partition coefficient (Wildman–Crippen LogP) is 1.53. The van der Waals surface area contributed by atoms with Crippen molar-refractivity contribution >= 4 is 29.2 Å². The molecule has 72 valence electrons. The van der Waals surface area contributed by atoms with Crippen LogP contribution in [0.3, 0.4) is 0 Å². The van der Waals surface area contributed by atoms with Gasteiger partial charge < -0.3 is 10.4 Å². The molecule has 1 aromatic rings. The van der Waals surface area contributed by atoms with Crippen LogP contribution in [0.15, 0.2) is 12.1 Å². The number of carbonyl (C=O) groups is 2. The van der Waals surface area contributed by atoms with E-state index in [4.69, 9.17) is 16.7 Å². The zero-order valence-corrected chi connectivity index (χ0v) is 7.76. The number of halogens is 1. The number of carboxylic acids is 1. The predicted molar refractivity (Wildman–Crippen MR) is 50.7 cm³/mol. The lowest BCUT2D eigenvalue weighted by atomic mass is 10.1. The maximum atomic E-state index is 11.0. The van der Waals surface area contributed by atoms with Crippen molar-refractivity contribution in [3.8, 4) is 0 Å². The van der Waals surface area contributed by atoms with Gasteiger partial charge in [-0.1, -0.05) is 17.7 Å². The Kier molecular flexibility index (Phi) is 1.93. The third-order valence-corrected chi connectivity index (χ3v) is 2.47. The normalized spacial score (nSPS) is 13.6. The van der Waals surface area contributed by atoms with Crippen LogP contribution in [0.4, 0.5) is 5.69 Å². The summed E-state index contributed by atoms with van der Waals surface area (Å²) in [4.78, 5) is 21.7. The van der Waals surface area contributed by atoms with Crippen molar-refractivity contribution in [2.24, 2.45) is 0 Å².